The van der Waals surface area contributed by atoms with Crippen molar-refractivity contribution in [2.24, 2.45) is 0 Å². The number of nitrogens with one attached hydrogen (secondary N) is 1. The van der Waals surface area contributed by atoms with E-state index in [2.05, 4.69) is 14.9 Å². The molecule has 1 fully saturated rings. The standard InChI is InChI=1S/C15H17FN4O/c1-11-14(18-10-17-11)15(21)20-8-6-19(7-9-20)13-4-2-12(16)3-5-13/h2-5,10H,6-9H2,1H3,(H,17,18). The van der Waals surface area contributed by atoms with Gasteiger partial charge in [0.05, 0.1) is 6.33 Å². The van der Waals surface area contributed by atoms with Crippen LogP contribution in [-0.4, -0.2) is 47.0 Å². The van der Waals surface area contributed by atoms with Gasteiger partial charge < -0.3 is 14.8 Å². The summed E-state index contributed by atoms with van der Waals surface area (Å²) in [5.74, 6) is -0.269. The maximum absolute atomic E-state index is 12.9. The number of piperazine rings is 1. The van der Waals surface area contributed by atoms with Crippen LogP contribution < -0.4 is 4.90 Å². The van der Waals surface area contributed by atoms with E-state index in [1.54, 1.807) is 12.1 Å². The minimum Gasteiger partial charge on any atom is -0.368 e. The summed E-state index contributed by atoms with van der Waals surface area (Å²) in [7, 11) is 0. The van der Waals surface area contributed by atoms with Gasteiger partial charge in [0.25, 0.3) is 5.91 Å². The Morgan fingerprint density at radius 3 is 2.43 bits per heavy atom. The Labute approximate surface area is 122 Å². The first kappa shape index (κ1) is 13.6. The van der Waals surface area contributed by atoms with E-state index in [-0.39, 0.29) is 11.7 Å². The number of amides is 1. The molecule has 21 heavy (non-hydrogen) atoms. The van der Waals surface area contributed by atoms with Crippen LogP contribution in [0.25, 0.3) is 0 Å². The number of aromatic nitrogens is 2. The Kier molecular flexibility index (Phi) is 3.60. The third-order valence-electron chi connectivity index (χ3n) is 3.79. The molecule has 1 N–H and O–H groups in total. The van der Waals surface area contributed by atoms with Crippen molar-refractivity contribution < 1.29 is 9.18 Å². The van der Waals surface area contributed by atoms with Gasteiger partial charge in [-0.1, -0.05) is 0 Å². The molecule has 0 atom stereocenters. The lowest BCUT2D eigenvalue weighted by atomic mass is 10.2. The summed E-state index contributed by atoms with van der Waals surface area (Å²) >= 11 is 0. The molecule has 3 rings (SSSR count). The number of hydrogen-bond donors (Lipinski definition) is 1. The summed E-state index contributed by atoms with van der Waals surface area (Å²) in [5, 5.41) is 0. The van der Waals surface area contributed by atoms with Crippen molar-refractivity contribution in [3.8, 4) is 0 Å². The van der Waals surface area contributed by atoms with Crippen LogP contribution in [0.3, 0.4) is 0 Å². The largest absolute Gasteiger partial charge is 0.368 e. The molecule has 5 nitrogen and oxygen atoms in total. The highest BCUT2D eigenvalue weighted by Gasteiger charge is 2.24. The maximum Gasteiger partial charge on any atom is 0.274 e. The van der Waals surface area contributed by atoms with Crippen LogP contribution in [0.5, 0.6) is 0 Å². The molecule has 2 heterocycles. The molecule has 0 spiro atoms. The minimum atomic E-state index is -0.235. The summed E-state index contributed by atoms with van der Waals surface area (Å²) in [6.07, 6.45) is 1.54. The molecule has 1 aromatic carbocycles. The molecule has 2 aromatic rings. The Hall–Kier alpha value is -2.37. The zero-order valence-electron chi connectivity index (χ0n) is 11.8. The summed E-state index contributed by atoms with van der Waals surface area (Å²) < 4.78 is 12.9. The average molecular weight is 288 g/mol. The van der Waals surface area contributed by atoms with Crippen molar-refractivity contribution in [2.75, 3.05) is 31.1 Å². The maximum atomic E-state index is 12.9. The van der Waals surface area contributed by atoms with Crippen LogP contribution in [0.1, 0.15) is 16.2 Å². The van der Waals surface area contributed by atoms with E-state index in [0.29, 0.717) is 18.8 Å². The van der Waals surface area contributed by atoms with E-state index in [4.69, 9.17) is 0 Å². The summed E-state index contributed by atoms with van der Waals surface area (Å²) in [6.45, 7) is 4.60. The number of hydrogen-bond acceptors (Lipinski definition) is 3. The third kappa shape index (κ3) is 2.74. The van der Waals surface area contributed by atoms with E-state index in [1.165, 1.54) is 18.5 Å². The molecular weight excluding hydrogens is 271 g/mol. The third-order valence-corrected chi connectivity index (χ3v) is 3.79. The Morgan fingerprint density at radius 2 is 1.86 bits per heavy atom. The van der Waals surface area contributed by atoms with E-state index < -0.39 is 0 Å². The molecule has 1 amide bonds. The number of nitrogens with zero attached hydrogens (tertiary/aromatic N) is 3. The molecule has 110 valence electrons. The quantitative estimate of drug-likeness (QED) is 0.917. The zero-order chi connectivity index (χ0) is 14.8. The molecule has 0 radical (unpaired) electrons. The number of benzene rings is 1. The smallest absolute Gasteiger partial charge is 0.274 e. The van der Waals surface area contributed by atoms with Crippen molar-refractivity contribution in [3.63, 3.8) is 0 Å². The summed E-state index contributed by atoms with van der Waals surface area (Å²) in [5.41, 5.74) is 2.27. The molecule has 0 unspecified atom stereocenters. The minimum absolute atomic E-state index is 0.0347. The predicted octanol–water partition coefficient (Wildman–Crippen LogP) is 1.82. The highest BCUT2D eigenvalue weighted by atomic mass is 19.1. The van der Waals surface area contributed by atoms with Gasteiger partial charge in [0.2, 0.25) is 0 Å². The van der Waals surface area contributed by atoms with Crippen molar-refractivity contribution >= 4 is 11.6 Å². The van der Waals surface area contributed by atoms with Gasteiger partial charge in [-0.25, -0.2) is 9.37 Å². The van der Waals surface area contributed by atoms with Crippen LogP contribution in [0, 0.1) is 12.7 Å². The summed E-state index contributed by atoms with van der Waals surface area (Å²) in [6, 6.07) is 6.45. The van der Waals surface area contributed by atoms with Gasteiger partial charge in [0, 0.05) is 37.6 Å². The fraction of sp³-hybridized carbons (Fsp3) is 0.333. The Balaban J connectivity index is 1.64. The van der Waals surface area contributed by atoms with Crippen LogP contribution in [0.15, 0.2) is 30.6 Å². The first-order valence-electron chi connectivity index (χ1n) is 6.95. The van der Waals surface area contributed by atoms with E-state index in [0.717, 1.165) is 24.5 Å². The topological polar surface area (TPSA) is 52.2 Å². The number of anilines is 1. The fourth-order valence-corrected chi connectivity index (χ4v) is 2.54. The number of aryl methyl sites for hydroxylation is 1. The number of aromatic amines is 1. The molecule has 1 aromatic heterocycles. The molecule has 0 bridgehead atoms. The average Bonchev–Trinajstić information content (AvgIpc) is 2.94. The molecule has 1 saturated heterocycles. The predicted molar refractivity (Wildman–Crippen MR) is 77.8 cm³/mol. The molecule has 0 saturated carbocycles. The first-order valence-corrected chi connectivity index (χ1v) is 6.95. The molecule has 1 aliphatic rings. The Morgan fingerprint density at radius 1 is 1.19 bits per heavy atom. The van der Waals surface area contributed by atoms with Gasteiger partial charge >= 0.3 is 0 Å². The first-order chi connectivity index (χ1) is 10.1. The number of imidazole rings is 1. The molecule has 1 aliphatic heterocycles. The number of H-pyrrole nitrogens is 1. The van der Waals surface area contributed by atoms with Gasteiger partial charge in [0.1, 0.15) is 11.5 Å². The van der Waals surface area contributed by atoms with E-state index in [9.17, 15) is 9.18 Å². The lowest BCUT2D eigenvalue weighted by molar-refractivity contribution is 0.0740. The van der Waals surface area contributed by atoms with Crippen molar-refractivity contribution in [1.29, 1.82) is 0 Å². The molecule has 6 heteroatoms. The number of halogens is 1. The zero-order valence-corrected chi connectivity index (χ0v) is 11.8. The molecular formula is C15H17FN4O. The van der Waals surface area contributed by atoms with Gasteiger partial charge in [-0.2, -0.15) is 0 Å². The van der Waals surface area contributed by atoms with E-state index >= 15 is 0 Å². The van der Waals surface area contributed by atoms with Gasteiger partial charge in [-0.15, -0.1) is 0 Å². The van der Waals surface area contributed by atoms with Gasteiger partial charge in [-0.05, 0) is 31.2 Å². The van der Waals surface area contributed by atoms with E-state index in [1.807, 2.05) is 11.8 Å². The van der Waals surface area contributed by atoms with Crippen molar-refractivity contribution in [2.45, 2.75) is 6.92 Å². The van der Waals surface area contributed by atoms with Crippen LogP contribution in [-0.2, 0) is 0 Å². The Bertz CT molecular complexity index is 629. The van der Waals surface area contributed by atoms with Crippen LogP contribution in [0.4, 0.5) is 10.1 Å². The van der Waals surface area contributed by atoms with Gasteiger partial charge in [-0.3, -0.25) is 4.79 Å². The second-order valence-electron chi connectivity index (χ2n) is 5.13. The van der Waals surface area contributed by atoms with Crippen molar-refractivity contribution in [3.05, 3.63) is 47.8 Å². The number of carbonyl (C=O) groups excluding carboxylic acids is 1. The number of carbonyl (C=O) groups is 1. The molecule has 0 aliphatic carbocycles. The highest BCUT2D eigenvalue weighted by molar-refractivity contribution is 5.93. The second kappa shape index (κ2) is 5.55. The van der Waals surface area contributed by atoms with Crippen LogP contribution >= 0.6 is 0 Å². The van der Waals surface area contributed by atoms with Crippen LogP contribution in [0.2, 0.25) is 0 Å². The summed E-state index contributed by atoms with van der Waals surface area (Å²) in [4.78, 5) is 23.3. The lowest BCUT2D eigenvalue weighted by Gasteiger charge is -2.35. The monoisotopic (exact) mass is 288 g/mol. The fourth-order valence-electron chi connectivity index (χ4n) is 2.54. The SMILES string of the molecule is Cc1[nH]cnc1C(=O)N1CCN(c2ccc(F)cc2)CC1. The highest BCUT2D eigenvalue weighted by Crippen LogP contribution is 2.18. The van der Waals surface area contributed by atoms with Crippen molar-refractivity contribution in [1.82, 2.24) is 14.9 Å². The number of rotatable bonds is 2. The second-order valence-corrected chi connectivity index (χ2v) is 5.13. The lowest BCUT2D eigenvalue weighted by Crippen LogP contribution is -2.49. The van der Waals surface area contributed by atoms with Gasteiger partial charge in [0.15, 0.2) is 0 Å². The normalized spacial score (nSPS) is 15.3.